The molecule has 0 aromatic heterocycles. The number of rotatable bonds is 9. The fourth-order valence-electron chi connectivity index (χ4n) is 2.34. The molecule has 0 aliphatic carbocycles. The Hall–Kier alpha value is -1.67. The van der Waals surface area contributed by atoms with E-state index in [0.29, 0.717) is 32.7 Å². The lowest BCUT2D eigenvalue weighted by molar-refractivity contribution is -0.145. The van der Waals surface area contributed by atoms with E-state index >= 15 is 0 Å². The monoisotopic (exact) mass is 329 g/mol. The van der Waals surface area contributed by atoms with Crippen LogP contribution in [0.5, 0.6) is 0 Å². The highest BCUT2D eigenvalue weighted by molar-refractivity contribution is 5.88. The summed E-state index contributed by atoms with van der Waals surface area (Å²) in [6, 6.07) is -0.503. The molecule has 1 heterocycles. The van der Waals surface area contributed by atoms with Gasteiger partial charge in [0.2, 0.25) is 11.8 Å². The van der Waals surface area contributed by atoms with Crippen molar-refractivity contribution >= 4 is 17.8 Å². The molecule has 0 saturated carbocycles. The largest absolute Gasteiger partial charge is 0.465 e. The number of ether oxygens (including phenoxy) is 2. The molecule has 8 nitrogen and oxygen atoms in total. The number of carbonyl (C=O) groups is 3. The number of hydrogen-bond donors (Lipinski definition) is 2. The lowest BCUT2D eigenvalue weighted by Crippen LogP contribution is -2.49. The van der Waals surface area contributed by atoms with E-state index in [2.05, 4.69) is 10.6 Å². The van der Waals surface area contributed by atoms with Crippen molar-refractivity contribution in [3.8, 4) is 0 Å². The summed E-state index contributed by atoms with van der Waals surface area (Å²) in [6.07, 6.45) is 2.44. The molecule has 1 aliphatic heterocycles. The third-order valence-electron chi connectivity index (χ3n) is 3.51. The van der Waals surface area contributed by atoms with Gasteiger partial charge in [-0.2, -0.15) is 0 Å². The van der Waals surface area contributed by atoms with E-state index in [9.17, 15) is 14.4 Å². The number of esters is 1. The Kier molecular flexibility index (Phi) is 9.23. The smallest absolute Gasteiger partial charge is 0.320 e. The van der Waals surface area contributed by atoms with Crippen LogP contribution >= 0.6 is 0 Å². The summed E-state index contributed by atoms with van der Waals surface area (Å²) in [6.45, 7) is 3.54. The maximum Gasteiger partial charge on any atom is 0.320 e. The second kappa shape index (κ2) is 11.0. The first-order valence-corrected chi connectivity index (χ1v) is 8.00. The van der Waals surface area contributed by atoms with Crippen molar-refractivity contribution in [2.75, 3.05) is 46.5 Å². The second-order valence-corrected chi connectivity index (χ2v) is 5.42. The van der Waals surface area contributed by atoms with Gasteiger partial charge in [0.15, 0.2) is 0 Å². The fourth-order valence-corrected chi connectivity index (χ4v) is 2.34. The molecule has 1 aliphatic rings. The zero-order valence-electron chi connectivity index (χ0n) is 13.9. The molecule has 8 heteroatoms. The van der Waals surface area contributed by atoms with Gasteiger partial charge >= 0.3 is 5.97 Å². The van der Waals surface area contributed by atoms with Gasteiger partial charge in [-0.1, -0.05) is 0 Å². The van der Waals surface area contributed by atoms with Gasteiger partial charge in [-0.05, 0) is 26.2 Å². The molecule has 0 bridgehead atoms. The van der Waals surface area contributed by atoms with E-state index in [1.165, 1.54) is 0 Å². The van der Waals surface area contributed by atoms with Crippen LogP contribution in [0.2, 0.25) is 0 Å². The average molecular weight is 329 g/mol. The average Bonchev–Trinajstić information content (AvgIpc) is 2.70. The molecule has 0 aromatic carbocycles. The lowest BCUT2D eigenvalue weighted by atomic mass is 10.1. The topological polar surface area (TPSA) is 97.0 Å². The maximum atomic E-state index is 12.2. The number of carbonyl (C=O) groups excluding carboxylic acids is 3. The van der Waals surface area contributed by atoms with Gasteiger partial charge < -0.3 is 20.1 Å². The van der Waals surface area contributed by atoms with Crippen LogP contribution in [0.25, 0.3) is 0 Å². The molecular weight excluding hydrogens is 302 g/mol. The number of hydrogen-bond acceptors (Lipinski definition) is 6. The first-order chi connectivity index (χ1) is 11.1. The van der Waals surface area contributed by atoms with Crippen molar-refractivity contribution in [3.63, 3.8) is 0 Å². The summed E-state index contributed by atoms with van der Waals surface area (Å²) >= 11 is 0. The molecule has 0 unspecified atom stereocenters. The number of amides is 2. The molecule has 1 saturated heterocycles. The number of nitrogens with zero attached hydrogens (tertiary/aromatic N) is 1. The van der Waals surface area contributed by atoms with E-state index < -0.39 is 6.04 Å². The molecular formula is C15H27N3O5. The Bertz CT molecular complexity index is 403. The van der Waals surface area contributed by atoms with Crippen molar-refractivity contribution in [1.29, 1.82) is 0 Å². The molecule has 1 atom stereocenters. The summed E-state index contributed by atoms with van der Waals surface area (Å²) in [7, 11) is 1.55. The minimum absolute atomic E-state index is 0.0154. The van der Waals surface area contributed by atoms with E-state index in [0.717, 1.165) is 12.8 Å². The Morgan fingerprint density at radius 3 is 2.83 bits per heavy atom. The Morgan fingerprint density at radius 1 is 1.35 bits per heavy atom. The summed E-state index contributed by atoms with van der Waals surface area (Å²) in [5.74, 6) is -0.819. The first-order valence-electron chi connectivity index (χ1n) is 8.00. The Morgan fingerprint density at radius 2 is 2.13 bits per heavy atom. The second-order valence-electron chi connectivity index (χ2n) is 5.42. The van der Waals surface area contributed by atoms with Gasteiger partial charge in [0, 0.05) is 20.2 Å². The van der Waals surface area contributed by atoms with Gasteiger partial charge in [-0.25, -0.2) is 0 Å². The van der Waals surface area contributed by atoms with E-state index in [4.69, 9.17) is 9.47 Å². The minimum Gasteiger partial charge on any atom is -0.465 e. The van der Waals surface area contributed by atoms with E-state index in [1.54, 1.807) is 18.9 Å². The van der Waals surface area contributed by atoms with E-state index in [1.807, 2.05) is 0 Å². The summed E-state index contributed by atoms with van der Waals surface area (Å²) in [5.41, 5.74) is 0. The molecule has 2 amide bonds. The summed E-state index contributed by atoms with van der Waals surface area (Å²) < 4.78 is 9.89. The minimum atomic E-state index is -0.503. The molecule has 1 fully saturated rings. The standard InChI is InChI=1S/C15H27N3O5/c1-3-23-14(20)11-18(8-9-22-2)10-13(19)17-12-6-4-5-7-16-15(12)21/h12H,3-11H2,1-2H3,(H,16,21)(H,17,19)/t12-/m0/s1. The Labute approximate surface area is 136 Å². The molecule has 23 heavy (non-hydrogen) atoms. The molecule has 0 radical (unpaired) electrons. The van der Waals surface area contributed by atoms with Crippen molar-refractivity contribution in [2.24, 2.45) is 0 Å². The summed E-state index contributed by atoms with van der Waals surface area (Å²) in [4.78, 5) is 37.2. The molecule has 0 spiro atoms. The van der Waals surface area contributed by atoms with Crippen LogP contribution in [0, 0.1) is 0 Å². The van der Waals surface area contributed by atoms with Crippen LogP contribution in [0.15, 0.2) is 0 Å². The molecule has 132 valence electrons. The van der Waals surface area contributed by atoms with Gasteiger partial charge in [0.25, 0.3) is 0 Å². The number of methoxy groups -OCH3 is 1. The van der Waals surface area contributed by atoms with Crippen LogP contribution < -0.4 is 10.6 Å². The van der Waals surface area contributed by atoms with Gasteiger partial charge in [0.1, 0.15) is 6.04 Å². The third-order valence-corrected chi connectivity index (χ3v) is 3.51. The van der Waals surface area contributed by atoms with Crippen molar-refractivity contribution in [3.05, 3.63) is 0 Å². The van der Waals surface area contributed by atoms with Crippen LogP contribution in [0.4, 0.5) is 0 Å². The van der Waals surface area contributed by atoms with Gasteiger partial charge in [-0.15, -0.1) is 0 Å². The lowest BCUT2D eigenvalue weighted by Gasteiger charge is -2.22. The van der Waals surface area contributed by atoms with Crippen molar-refractivity contribution in [1.82, 2.24) is 15.5 Å². The highest BCUT2D eigenvalue weighted by Gasteiger charge is 2.23. The highest BCUT2D eigenvalue weighted by atomic mass is 16.5. The third kappa shape index (κ3) is 7.94. The van der Waals surface area contributed by atoms with Crippen LogP contribution in [0.3, 0.4) is 0 Å². The van der Waals surface area contributed by atoms with E-state index in [-0.39, 0.29) is 30.9 Å². The van der Waals surface area contributed by atoms with Crippen LogP contribution in [-0.2, 0) is 23.9 Å². The van der Waals surface area contributed by atoms with Crippen molar-refractivity contribution in [2.45, 2.75) is 32.2 Å². The van der Waals surface area contributed by atoms with Gasteiger partial charge in [-0.3, -0.25) is 19.3 Å². The molecule has 1 rings (SSSR count). The normalized spacial score (nSPS) is 18.2. The zero-order valence-corrected chi connectivity index (χ0v) is 13.9. The number of nitrogens with one attached hydrogen (secondary N) is 2. The van der Waals surface area contributed by atoms with Crippen LogP contribution in [0.1, 0.15) is 26.2 Å². The highest BCUT2D eigenvalue weighted by Crippen LogP contribution is 2.05. The molecule has 2 N–H and O–H groups in total. The quantitative estimate of drug-likeness (QED) is 0.542. The predicted molar refractivity (Wildman–Crippen MR) is 83.7 cm³/mol. The zero-order chi connectivity index (χ0) is 17.1. The first kappa shape index (κ1) is 19.4. The fraction of sp³-hybridized carbons (Fsp3) is 0.800. The predicted octanol–water partition coefficient (Wildman–Crippen LogP) is -0.717. The maximum absolute atomic E-state index is 12.2. The summed E-state index contributed by atoms with van der Waals surface area (Å²) in [5, 5.41) is 5.51. The van der Waals surface area contributed by atoms with Crippen LogP contribution in [-0.4, -0.2) is 75.2 Å². The SMILES string of the molecule is CCOC(=O)CN(CCOC)CC(=O)N[C@H]1CCCCNC1=O. The molecule has 0 aromatic rings. The Balaban J connectivity index is 2.50. The van der Waals surface area contributed by atoms with Crippen molar-refractivity contribution < 1.29 is 23.9 Å². The van der Waals surface area contributed by atoms with Gasteiger partial charge in [0.05, 0.1) is 26.3 Å².